The molecule has 1 aliphatic rings. The fraction of sp³-hybridized carbons (Fsp3) is 0.0909. The van der Waals surface area contributed by atoms with E-state index >= 15 is 0 Å². The van der Waals surface area contributed by atoms with E-state index in [1.54, 1.807) is 34.4 Å². The third kappa shape index (κ3) is 2.97. The molecule has 0 saturated heterocycles. The fourth-order valence-corrected chi connectivity index (χ4v) is 7.34. The molecule has 1 aliphatic heterocycles. The molecule has 92 valence electrons. The van der Waals surface area contributed by atoms with Crippen LogP contribution in [0.1, 0.15) is 0 Å². The quantitative estimate of drug-likeness (QED) is 0.607. The molecule has 2 nitrogen and oxygen atoms in total. The lowest BCUT2D eigenvalue weighted by Gasteiger charge is -2.11. The number of fused-ring (bicyclic) bond motifs is 1. The monoisotopic (exact) mass is 328 g/mol. The van der Waals surface area contributed by atoms with Crippen LogP contribution in [0.25, 0.3) is 0 Å². The van der Waals surface area contributed by atoms with Gasteiger partial charge >= 0.3 is 0 Å². The van der Waals surface area contributed by atoms with Gasteiger partial charge < -0.3 is 0 Å². The molecule has 3 rings (SSSR count). The Morgan fingerprint density at radius 3 is 2.72 bits per heavy atom. The van der Waals surface area contributed by atoms with E-state index in [0.29, 0.717) is 0 Å². The number of thioether (sulfide) groups is 2. The second-order valence-electron chi connectivity index (χ2n) is 3.40. The highest BCUT2D eigenvalue weighted by molar-refractivity contribution is 8.19. The number of nitrogens with zero attached hydrogens (tertiary/aromatic N) is 1. The summed E-state index contributed by atoms with van der Waals surface area (Å²) in [7, 11) is 0. The van der Waals surface area contributed by atoms with Gasteiger partial charge in [0, 0.05) is 5.75 Å². The Bertz CT molecular complexity index is 628. The highest BCUT2D eigenvalue weighted by Gasteiger charge is 2.18. The largest absolute Gasteiger partial charge is 0.278 e. The van der Waals surface area contributed by atoms with Gasteiger partial charge in [0.25, 0.3) is 0 Å². The van der Waals surface area contributed by atoms with Crippen LogP contribution >= 0.6 is 58.4 Å². The summed E-state index contributed by atoms with van der Waals surface area (Å²) in [6.07, 6.45) is 0. The minimum absolute atomic E-state index is 0.916. The van der Waals surface area contributed by atoms with Gasteiger partial charge in [0.15, 0.2) is 0 Å². The number of para-hydroxylation sites is 1. The zero-order valence-corrected chi connectivity index (χ0v) is 13.2. The van der Waals surface area contributed by atoms with Crippen molar-refractivity contribution in [1.29, 1.82) is 0 Å². The number of nitrogens with one attached hydrogen (secondary N) is 1. The SMILES string of the molecule is S=c1sc2c(s1)S/C(=N/Nc1ccccc1)CS2. The van der Waals surface area contributed by atoms with E-state index < -0.39 is 0 Å². The fourth-order valence-electron chi connectivity index (χ4n) is 1.36. The Balaban J connectivity index is 1.74. The zero-order chi connectivity index (χ0) is 12.4. The first-order chi connectivity index (χ1) is 8.81. The molecule has 0 amide bonds. The molecule has 2 aromatic rings. The molecule has 7 heteroatoms. The molecule has 2 heterocycles. The van der Waals surface area contributed by atoms with E-state index in [1.165, 1.54) is 8.42 Å². The van der Waals surface area contributed by atoms with E-state index in [2.05, 4.69) is 10.5 Å². The Morgan fingerprint density at radius 2 is 1.89 bits per heavy atom. The maximum atomic E-state index is 5.22. The van der Waals surface area contributed by atoms with E-state index in [9.17, 15) is 0 Å². The van der Waals surface area contributed by atoms with Gasteiger partial charge in [0.2, 0.25) is 0 Å². The van der Waals surface area contributed by atoms with Crippen molar-refractivity contribution in [3.05, 3.63) is 33.5 Å². The molecule has 18 heavy (non-hydrogen) atoms. The molecule has 0 radical (unpaired) electrons. The van der Waals surface area contributed by atoms with Crippen LogP contribution in [0, 0.1) is 3.14 Å². The second kappa shape index (κ2) is 5.75. The molecular weight excluding hydrogens is 320 g/mol. The summed E-state index contributed by atoms with van der Waals surface area (Å²) in [5.74, 6) is 0.916. The number of benzene rings is 1. The van der Waals surface area contributed by atoms with Crippen LogP contribution in [-0.4, -0.2) is 10.8 Å². The number of rotatable bonds is 2. The summed E-state index contributed by atoms with van der Waals surface area (Å²) < 4.78 is 3.63. The number of anilines is 1. The molecule has 0 spiro atoms. The minimum atomic E-state index is 0.916. The lowest BCUT2D eigenvalue weighted by atomic mass is 10.3. The third-order valence-electron chi connectivity index (χ3n) is 2.14. The number of hydrogen-bond donors (Lipinski definition) is 1. The number of hydrogen-bond acceptors (Lipinski definition) is 7. The summed E-state index contributed by atoms with van der Waals surface area (Å²) in [4.78, 5) is 0. The first-order valence-corrected chi connectivity index (χ1v) is 8.98. The maximum Gasteiger partial charge on any atom is 0.145 e. The van der Waals surface area contributed by atoms with Gasteiger partial charge in [-0.2, -0.15) is 5.10 Å². The van der Waals surface area contributed by atoms with Crippen LogP contribution in [-0.2, 0) is 0 Å². The first kappa shape index (κ1) is 12.7. The summed E-state index contributed by atoms with van der Waals surface area (Å²) in [6.45, 7) is 0. The zero-order valence-electron chi connectivity index (χ0n) is 9.08. The highest BCUT2D eigenvalue weighted by atomic mass is 32.2. The van der Waals surface area contributed by atoms with Crippen molar-refractivity contribution in [2.45, 2.75) is 8.42 Å². The van der Waals surface area contributed by atoms with Crippen molar-refractivity contribution in [2.75, 3.05) is 11.2 Å². The normalized spacial score (nSPS) is 16.6. The average molecular weight is 329 g/mol. The molecule has 0 bridgehead atoms. The van der Waals surface area contributed by atoms with E-state index in [4.69, 9.17) is 12.2 Å². The summed E-state index contributed by atoms with van der Waals surface area (Å²) in [6, 6.07) is 9.99. The van der Waals surface area contributed by atoms with E-state index in [1.807, 2.05) is 42.1 Å². The van der Waals surface area contributed by atoms with Crippen molar-refractivity contribution in [2.24, 2.45) is 5.10 Å². The van der Waals surface area contributed by atoms with Crippen molar-refractivity contribution in [1.82, 2.24) is 0 Å². The second-order valence-corrected chi connectivity index (χ2v) is 9.21. The van der Waals surface area contributed by atoms with Gasteiger partial charge in [0.05, 0.1) is 14.1 Å². The van der Waals surface area contributed by atoms with Gasteiger partial charge in [-0.15, -0.1) is 34.4 Å². The van der Waals surface area contributed by atoms with E-state index in [-0.39, 0.29) is 0 Å². The van der Waals surface area contributed by atoms with Crippen molar-refractivity contribution in [3.63, 3.8) is 0 Å². The van der Waals surface area contributed by atoms with Crippen LogP contribution in [0.4, 0.5) is 5.69 Å². The standard InChI is InChI=1S/C11H8N2S5/c14-11-17-9-10(18-11)16-8(6-15-9)13-12-7-4-2-1-3-5-7/h1-5,12H,6H2/b13-8+. The topological polar surface area (TPSA) is 24.4 Å². The molecule has 1 aromatic carbocycles. The highest BCUT2D eigenvalue weighted by Crippen LogP contribution is 2.45. The number of hydrazone groups is 1. The smallest absolute Gasteiger partial charge is 0.145 e. The Labute approximate surface area is 127 Å². The molecule has 0 unspecified atom stereocenters. The minimum Gasteiger partial charge on any atom is -0.278 e. The van der Waals surface area contributed by atoms with Gasteiger partial charge in [-0.1, -0.05) is 42.2 Å². The molecule has 0 fully saturated rings. The molecular formula is C11H8N2S5. The van der Waals surface area contributed by atoms with Crippen LogP contribution in [0.3, 0.4) is 0 Å². The Kier molecular flexibility index (Phi) is 4.05. The maximum absolute atomic E-state index is 5.22. The van der Waals surface area contributed by atoms with Crippen molar-refractivity contribution < 1.29 is 0 Å². The van der Waals surface area contributed by atoms with Gasteiger partial charge in [0.1, 0.15) is 8.18 Å². The summed E-state index contributed by atoms with van der Waals surface area (Å²) in [5, 5.41) is 5.55. The van der Waals surface area contributed by atoms with Crippen LogP contribution in [0.15, 0.2) is 43.9 Å². The van der Waals surface area contributed by atoms with Crippen LogP contribution < -0.4 is 5.43 Å². The average Bonchev–Trinajstić information content (AvgIpc) is 2.77. The van der Waals surface area contributed by atoms with Crippen LogP contribution in [0.2, 0.25) is 0 Å². The predicted molar refractivity (Wildman–Crippen MR) is 87.1 cm³/mol. The van der Waals surface area contributed by atoms with E-state index in [0.717, 1.165) is 19.6 Å². The Morgan fingerprint density at radius 1 is 1.11 bits per heavy atom. The lowest BCUT2D eigenvalue weighted by Crippen LogP contribution is -2.03. The summed E-state index contributed by atoms with van der Waals surface area (Å²) >= 11 is 12.2. The van der Waals surface area contributed by atoms with Gasteiger partial charge in [-0.25, -0.2) is 0 Å². The van der Waals surface area contributed by atoms with Gasteiger partial charge in [-0.05, 0) is 12.1 Å². The Hall–Kier alpha value is -0.340. The predicted octanol–water partition coefficient (Wildman–Crippen LogP) is 5.16. The molecule has 0 saturated carbocycles. The lowest BCUT2D eigenvalue weighted by molar-refractivity contribution is 1.34. The third-order valence-corrected chi connectivity index (χ3v) is 7.80. The summed E-state index contributed by atoms with van der Waals surface area (Å²) in [5.41, 5.74) is 4.10. The van der Waals surface area contributed by atoms with Gasteiger partial charge in [-0.3, -0.25) is 5.43 Å². The van der Waals surface area contributed by atoms with Crippen molar-refractivity contribution in [3.8, 4) is 0 Å². The first-order valence-electron chi connectivity index (χ1n) is 5.13. The molecule has 1 aromatic heterocycles. The molecule has 0 aliphatic carbocycles. The van der Waals surface area contributed by atoms with Crippen LogP contribution in [0.5, 0.6) is 0 Å². The molecule has 0 atom stereocenters. The van der Waals surface area contributed by atoms with Crippen molar-refractivity contribution >= 4 is 69.1 Å². The molecule has 1 N–H and O–H groups in total.